The predicted molar refractivity (Wildman–Crippen MR) is 96.4 cm³/mol. The van der Waals surface area contributed by atoms with E-state index in [0.717, 1.165) is 5.56 Å². The second-order valence-electron chi connectivity index (χ2n) is 8.79. The molecule has 5 nitrogen and oxygen atoms in total. The number of halogens is 3. The Labute approximate surface area is 162 Å². The molecule has 1 aromatic rings. The second-order valence-corrected chi connectivity index (χ2v) is 8.79. The summed E-state index contributed by atoms with van der Waals surface area (Å²) in [4.78, 5) is 12.6. The highest BCUT2D eigenvalue weighted by Gasteiger charge is 2.52. The Bertz CT molecular complexity index is 721. The number of benzene rings is 1. The number of ether oxygens (including phenoxy) is 2. The molecule has 0 aromatic heterocycles. The van der Waals surface area contributed by atoms with E-state index in [1.807, 2.05) is 20.8 Å². The van der Waals surface area contributed by atoms with Crippen LogP contribution >= 0.6 is 0 Å². The van der Waals surface area contributed by atoms with E-state index >= 15 is 0 Å². The van der Waals surface area contributed by atoms with Crippen molar-refractivity contribution in [3.63, 3.8) is 0 Å². The molecule has 1 N–H and O–H groups in total. The zero-order valence-electron chi connectivity index (χ0n) is 16.3. The Balaban J connectivity index is 1.85. The topological polar surface area (TPSA) is 59.0 Å². The van der Waals surface area contributed by atoms with Crippen molar-refractivity contribution in [3.05, 3.63) is 29.8 Å². The lowest BCUT2D eigenvalue weighted by molar-refractivity contribution is -0.274. The van der Waals surface area contributed by atoms with Crippen LogP contribution in [0.5, 0.6) is 5.75 Å². The van der Waals surface area contributed by atoms with E-state index in [1.54, 1.807) is 12.1 Å². The minimum Gasteiger partial charge on any atom is -0.465 e. The summed E-state index contributed by atoms with van der Waals surface area (Å²) >= 11 is 0. The molecule has 0 saturated carbocycles. The van der Waals surface area contributed by atoms with Crippen molar-refractivity contribution < 1.29 is 32.5 Å². The van der Waals surface area contributed by atoms with Crippen molar-refractivity contribution in [2.75, 3.05) is 13.1 Å². The highest BCUT2D eigenvalue weighted by atomic mass is 19.4. The maximum atomic E-state index is 12.6. The van der Waals surface area contributed by atoms with Crippen LogP contribution in [0.3, 0.4) is 0 Å². The van der Waals surface area contributed by atoms with Gasteiger partial charge in [0.25, 0.3) is 0 Å². The Hall–Kier alpha value is -1.96. The van der Waals surface area contributed by atoms with Crippen LogP contribution < -0.4 is 4.74 Å². The molecule has 8 heteroatoms. The maximum Gasteiger partial charge on any atom is 0.573 e. The average Bonchev–Trinajstić information content (AvgIpc) is 2.94. The molecule has 2 aliphatic rings. The molecule has 2 aliphatic heterocycles. The minimum atomic E-state index is -4.74. The van der Waals surface area contributed by atoms with E-state index < -0.39 is 18.1 Å². The van der Waals surface area contributed by atoms with E-state index in [4.69, 9.17) is 4.74 Å². The fraction of sp³-hybridized carbons (Fsp3) is 0.650. The van der Waals surface area contributed by atoms with Crippen LogP contribution in [0.1, 0.15) is 51.5 Å². The van der Waals surface area contributed by atoms with Crippen molar-refractivity contribution >= 4 is 6.09 Å². The first kappa shape index (κ1) is 20.8. The maximum absolute atomic E-state index is 12.6. The molecular weight excluding hydrogens is 375 g/mol. The first-order valence-corrected chi connectivity index (χ1v) is 9.40. The molecule has 0 aliphatic carbocycles. The Morgan fingerprint density at radius 2 is 1.89 bits per heavy atom. The normalized spacial score (nSPS) is 25.1. The molecule has 2 heterocycles. The Morgan fingerprint density at radius 1 is 1.25 bits per heavy atom. The van der Waals surface area contributed by atoms with E-state index in [9.17, 15) is 23.1 Å². The van der Waals surface area contributed by atoms with Gasteiger partial charge in [-0.1, -0.05) is 32.9 Å². The molecule has 1 amide bonds. The van der Waals surface area contributed by atoms with Gasteiger partial charge in [0.05, 0.1) is 11.7 Å². The van der Waals surface area contributed by atoms with Crippen molar-refractivity contribution in [3.8, 4) is 5.75 Å². The molecular formula is C20H26F3NO4. The smallest absolute Gasteiger partial charge is 0.465 e. The van der Waals surface area contributed by atoms with Crippen molar-refractivity contribution in [2.24, 2.45) is 5.41 Å². The number of carboxylic acid groups (broad SMARTS) is 1. The number of amides is 1. The third-order valence-electron chi connectivity index (χ3n) is 5.65. The van der Waals surface area contributed by atoms with Gasteiger partial charge in [0, 0.05) is 19.0 Å². The SMILES string of the molecule is CC(C)(C)C1OC2(CCN(C(=O)O)CC2)CC1c1cccc(OC(F)(F)F)c1. The largest absolute Gasteiger partial charge is 0.573 e. The van der Waals surface area contributed by atoms with Gasteiger partial charge in [-0.25, -0.2) is 4.79 Å². The number of piperidine rings is 1. The van der Waals surface area contributed by atoms with Gasteiger partial charge in [-0.3, -0.25) is 0 Å². The number of likely N-dealkylation sites (tertiary alicyclic amines) is 1. The number of alkyl halides is 3. The number of rotatable bonds is 2. The van der Waals surface area contributed by atoms with Gasteiger partial charge in [-0.05, 0) is 42.4 Å². The summed E-state index contributed by atoms with van der Waals surface area (Å²) < 4.78 is 48.4. The zero-order valence-corrected chi connectivity index (χ0v) is 16.3. The molecule has 3 rings (SSSR count). The highest BCUT2D eigenvalue weighted by molar-refractivity contribution is 5.65. The van der Waals surface area contributed by atoms with E-state index in [0.29, 0.717) is 32.4 Å². The molecule has 1 aromatic carbocycles. The molecule has 2 atom stereocenters. The molecule has 0 bridgehead atoms. The predicted octanol–water partition coefficient (Wildman–Crippen LogP) is 5.02. The van der Waals surface area contributed by atoms with Crippen LogP contribution in [0.25, 0.3) is 0 Å². The first-order valence-electron chi connectivity index (χ1n) is 9.40. The second kappa shape index (κ2) is 7.13. The highest BCUT2D eigenvalue weighted by Crippen LogP contribution is 2.51. The summed E-state index contributed by atoms with van der Waals surface area (Å²) in [6.45, 7) is 6.94. The van der Waals surface area contributed by atoms with Gasteiger partial charge in [0.2, 0.25) is 0 Å². The molecule has 2 saturated heterocycles. The van der Waals surface area contributed by atoms with Crippen molar-refractivity contribution in [1.82, 2.24) is 4.90 Å². The summed E-state index contributed by atoms with van der Waals surface area (Å²) in [5.41, 5.74) is 0.0771. The fourth-order valence-corrected chi connectivity index (χ4v) is 4.35. The van der Waals surface area contributed by atoms with Gasteiger partial charge in [0.15, 0.2) is 0 Å². The van der Waals surface area contributed by atoms with Crippen LogP contribution in [0, 0.1) is 5.41 Å². The minimum absolute atomic E-state index is 0.0897. The van der Waals surface area contributed by atoms with Gasteiger partial charge < -0.3 is 19.5 Å². The molecule has 0 radical (unpaired) electrons. The van der Waals surface area contributed by atoms with Crippen LogP contribution in [0.15, 0.2) is 24.3 Å². The number of hydrogen-bond acceptors (Lipinski definition) is 3. The van der Waals surface area contributed by atoms with Gasteiger partial charge >= 0.3 is 12.5 Å². The van der Waals surface area contributed by atoms with E-state index in [1.165, 1.54) is 17.0 Å². The van der Waals surface area contributed by atoms with Gasteiger partial charge in [-0.2, -0.15) is 0 Å². The molecule has 1 spiro atoms. The lowest BCUT2D eigenvalue weighted by Gasteiger charge is -2.39. The lowest BCUT2D eigenvalue weighted by Crippen LogP contribution is -2.46. The van der Waals surface area contributed by atoms with Crippen LogP contribution in [-0.2, 0) is 4.74 Å². The third kappa shape index (κ3) is 4.54. The average molecular weight is 401 g/mol. The summed E-state index contributed by atoms with van der Waals surface area (Å²) in [6, 6.07) is 6.10. The van der Waals surface area contributed by atoms with Crippen LogP contribution in [-0.4, -0.2) is 47.3 Å². The molecule has 2 fully saturated rings. The monoisotopic (exact) mass is 401 g/mol. The number of carbonyl (C=O) groups is 1. The fourth-order valence-electron chi connectivity index (χ4n) is 4.35. The lowest BCUT2D eigenvalue weighted by atomic mass is 9.75. The third-order valence-corrected chi connectivity index (χ3v) is 5.65. The summed E-state index contributed by atoms with van der Waals surface area (Å²) in [6.07, 6.45) is -4.04. The number of nitrogens with zero attached hydrogens (tertiary/aromatic N) is 1. The molecule has 2 unspecified atom stereocenters. The summed E-state index contributed by atoms with van der Waals surface area (Å²) in [7, 11) is 0. The van der Waals surface area contributed by atoms with Crippen molar-refractivity contribution in [2.45, 2.75) is 64.0 Å². The van der Waals surface area contributed by atoms with Gasteiger partial charge in [0.1, 0.15) is 5.75 Å². The van der Waals surface area contributed by atoms with Crippen LogP contribution in [0.4, 0.5) is 18.0 Å². The summed E-state index contributed by atoms with van der Waals surface area (Å²) in [5, 5.41) is 9.18. The number of hydrogen-bond donors (Lipinski definition) is 1. The first-order chi connectivity index (χ1) is 12.9. The van der Waals surface area contributed by atoms with Crippen LogP contribution in [0.2, 0.25) is 0 Å². The Kier molecular flexibility index (Phi) is 5.29. The van der Waals surface area contributed by atoms with Crippen molar-refractivity contribution in [1.29, 1.82) is 0 Å². The molecule has 156 valence electrons. The standard InChI is InChI=1S/C20H26F3NO4/c1-18(2,3)16-15(13-5-4-6-14(11-13)27-20(21,22)23)12-19(28-16)7-9-24(10-8-19)17(25)26/h4-6,11,15-16H,7-10,12H2,1-3H3,(H,25,26). The zero-order chi connectivity index (χ0) is 20.7. The molecule has 28 heavy (non-hydrogen) atoms. The summed E-state index contributed by atoms with van der Waals surface area (Å²) in [5.74, 6) is -0.326. The quantitative estimate of drug-likeness (QED) is 0.756. The Morgan fingerprint density at radius 3 is 2.43 bits per heavy atom. The van der Waals surface area contributed by atoms with E-state index in [2.05, 4.69) is 4.74 Å². The van der Waals surface area contributed by atoms with E-state index in [-0.39, 0.29) is 23.2 Å². The van der Waals surface area contributed by atoms with Gasteiger partial charge in [-0.15, -0.1) is 13.2 Å².